The Morgan fingerprint density at radius 2 is 1.44 bits per heavy atom. The molecule has 0 saturated heterocycles. The van der Waals surface area contributed by atoms with E-state index in [9.17, 15) is 0 Å². The van der Waals surface area contributed by atoms with Gasteiger partial charge in [-0.25, -0.2) is 0 Å². The van der Waals surface area contributed by atoms with Crippen molar-refractivity contribution in [3.8, 4) is 0 Å². The summed E-state index contributed by atoms with van der Waals surface area (Å²) in [5.41, 5.74) is 0. The summed E-state index contributed by atoms with van der Waals surface area (Å²) in [6, 6.07) is 0. The highest BCUT2D eigenvalue weighted by atomic mass is 32.1. The van der Waals surface area contributed by atoms with E-state index >= 15 is 0 Å². The molecular weight excluding hydrogens is 224 g/mol. The Balaban J connectivity index is 4.54. The second-order valence-corrected chi connectivity index (χ2v) is 4.12. The van der Waals surface area contributed by atoms with Crippen LogP contribution in [0.4, 0.5) is 0 Å². The Morgan fingerprint density at radius 1 is 1.00 bits per heavy atom. The van der Waals surface area contributed by atoms with E-state index in [0.29, 0.717) is 19.8 Å². The maximum atomic E-state index is 5.70. The fraction of sp³-hybridized carbons (Fsp3) is 1.00. The molecule has 0 aliphatic heterocycles. The smallest absolute Gasteiger partial charge is 0.285 e. The van der Waals surface area contributed by atoms with Crippen LogP contribution in [0.3, 0.4) is 0 Å². The molecule has 0 aromatic carbocycles. The summed E-state index contributed by atoms with van der Waals surface area (Å²) in [5, 5.41) is 0. The van der Waals surface area contributed by atoms with Crippen molar-refractivity contribution in [1.82, 2.24) is 0 Å². The first-order valence-electron chi connectivity index (χ1n) is 6.19. The molecule has 0 bridgehead atoms. The van der Waals surface area contributed by atoms with E-state index in [2.05, 4.69) is 19.6 Å². The van der Waals surface area contributed by atoms with Crippen LogP contribution in [0.1, 0.15) is 40.5 Å². The van der Waals surface area contributed by atoms with Gasteiger partial charge in [-0.1, -0.05) is 6.92 Å². The average Bonchev–Trinajstić information content (AvgIpc) is 2.26. The molecule has 1 atom stereocenters. The lowest BCUT2D eigenvalue weighted by Crippen LogP contribution is -2.45. The van der Waals surface area contributed by atoms with Crippen molar-refractivity contribution in [3.63, 3.8) is 0 Å². The average molecular weight is 250 g/mol. The van der Waals surface area contributed by atoms with Crippen molar-refractivity contribution in [3.05, 3.63) is 0 Å². The molecule has 98 valence electrons. The first-order valence-corrected chi connectivity index (χ1v) is 6.82. The minimum atomic E-state index is -0.874. The SMILES string of the molecule is CCOC(OCC)(OCC)C(C)CCCS. The van der Waals surface area contributed by atoms with Gasteiger partial charge in [-0.15, -0.1) is 0 Å². The van der Waals surface area contributed by atoms with Crippen LogP contribution >= 0.6 is 12.6 Å². The molecule has 0 spiro atoms. The van der Waals surface area contributed by atoms with Crippen LogP contribution in [0.5, 0.6) is 0 Å². The third-order valence-corrected chi connectivity index (χ3v) is 2.75. The Labute approximate surface area is 105 Å². The van der Waals surface area contributed by atoms with E-state index in [0.717, 1.165) is 18.6 Å². The van der Waals surface area contributed by atoms with Gasteiger partial charge in [-0.05, 0) is 39.4 Å². The summed E-state index contributed by atoms with van der Waals surface area (Å²) in [4.78, 5) is 0. The summed E-state index contributed by atoms with van der Waals surface area (Å²) in [6.45, 7) is 9.74. The standard InChI is InChI=1S/C12H26O3S/c1-5-13-12(14-6-2,15-7-3)11(4)9-8-10-16/h11,16H,5-10H2,1-4H3. The number of hydrogen-bond acceptors (Lipinski definition) is 4. The topological polar surface area (TPSA) is 27.7 Å². The molecule has 0 aliphatic rings. The lowest BCUT2D eigenvalue weighted by Gasteiger charge is -2.37. The van der Waals surface area contributed by atoms with Gasteiger partial charge in [0.15, 0.2) is 0 Å². The molecule has 0 saturated carbocycles. The number of hydrogen-bond donors (Lipinski definition) is 1. The summed E-state index contributed by atoms with van der Waals surface area (Å²) in [7, 11) is 0. The van der Waals surface area contributed by atoms with Gasteiger partial charge in [0.25, 0.3) is 5.97 Å². The first-order chi connectivity index (χ1) is 7.66. The van der Waals surface area contributed by atoms with Crippen LogP contribution in [-0.2, 0) is 14.2 Å². The normalized spacial score (nSPS) is 14.1. The van der Waals surface area contributed by atoms with Crippen molar-refractivity contribution in [2.24, 2.45) is 5.92 Å². The second-order valence-electron chi connectivity index (χ2n) is 3.67. The molecule has 3 nitrogen and oxygen atoms in total. The molecular formula is C12H26O3S. The number of rotatable bonds is 10. The quantitative estimate of drug-likeness (QED) is 0.477. The van der Waals surface area contributed by atoms with Gasteiger partial charge in [0.05, 0.1) is 0 Å². The maximum Gasteiger partial charge on any atom is 0.285 e. The van der Waals surface area contributed by atoms with Crippen molar-refractivity contribution in [1.29, 1.82) is 0 Å². The molecule has 0 N–H and O–H groups in total. The zero-order chi connectivity index (χ0) is 12.4. The van der Waals surface area contributed by atoms with Gasteiger partial charge in [-0.2, -0.15) is 12.6 Å². The van der Waals surface area contributed by atoms with Crippen LogP contribution in [0.15, 0.2) is 0 Å². The number of ether oxygens (including phenoxy) is 3. The van der Waals surface area contributed by atoms with Crippen molar-refractivity contribution >= 4 is 12.6 Å². The summed E-state index contributed by atoms with van der Waals surface area (Å²) in [6.07, 6.45) is 2.03. The highest BCUT2D eigenvalue weighted by Gasteiger charge is 2.38. The summed E-state index contributed by atoms with van der Waals surface area (Å²) < 4.78 is 17.1. The fourth-order valence-corrected chi connectivity index (χ4v) is 1.91. The van der Waals surface area contributed by atoms with Crippen molar-refractivity contribution < 1.29 is 14.2 Å². The second kappa shape index (κ2) is 9.28. The summed E-state index contributed by atoms with van der Waals surface area (Å²) in [5.74, 6) is 0.214. The molecule has 0 radical (unpaired) electrons. The van der Waals surface area contributed by atoms with E-state index in [1.54, 1.807) is 0 Å². The molecule has 0 aromatic heterocycles. The molecule has 0 aromatic rings. The molecule has 0 fully saturated rings. The lowest BCUT2D eigenvalue weighted by atomic mass is 10.0. The van der Waals surface area contributed by atoms with Gasteiger partial charge >= 0.3 is 0 Å². The Hall–Kier alpha value is 0.230. The molecule has 0 heterocycles. The fourth-order valence-electron chi connectivity index (χ4n) is 1.73. The zero-order valence-corrected chi connectivity index (χ0v) is 11.9. The van der Waals surface area contributed by atoms with Gasteiger partial charge in [0, 0.05) is 25.7 Å². The first kappa shape index (κ1) is 16.2. The maximum absolute atomic E-state index is 5.70. The third kappa shape index (κ3) is 5.04. The van der Waals surface area contributed by atoms with E-state index in [4.69, 9.17) is 14.2 Å². The Kier molecular flexibility index (Phi) is 9.41. The monoisotopic (exact) mass is 250 g/mol. The minimum absolute atomic E-state index is 0.208. The van der Waals surface area contributed by atoms with Gasteiger partial charge in [0.1, 0.15) is 0 Å². The summed E-state index contributed by atoms with van der Waals surface area (Å²) >= 11 is 4.23. The number of thiol groups is 1. The van der Waals surface area contributed by atoms with Crippen LogP contribution in [0.25, 0.3) is 0 Å². The van der Waals surface area contributed by atoms with Gasteiger partial charge in [0.2, 0.25) is 0 Å². The largest absolute Gasteiger partial charge is 0.328 e. The van der Waals surface area contributed by atoms with Crippen LogP contribution in [0, 0.1) is 5.92 Å². The highest BCUT2D eigenvalue weighted by molar-refractivity contribution is 7.80. The van der Waals surface area contributed by atoms with Crippen molar-refractivity contribution in [2.45, 2.75) is 46.5 Å². The van der Waals surface area contributed by atoms with Crippen LogP contribution in [-0.4, -0.2) is 31.5 Å². The van der Waals surface area contributed by atoms with E-state index in [1.807, 2.05) is 20.8 Å². The predicted octanol–water partition coefficient (Wildman–Crippen LogP) is 3.10. The molecule has 4 heteroatoms. The molecule has 0 aliphatic carbocycles. The lowest BCUT2D eigenvalue weighted by molar-refractivity contribution is -0.400. The zero-order valence-electron chi connectivity index (χ0n) is 11.0. The van der Waals surface area contributed by atoms with Gasteiger partial charge in [-0.3, -0.25) is 0 Å². The Bertz CT molecular complexity index is 147. The molecule has 16 heavy (non-hydrogen) atoms. The van der Waals surface area contributed by atoms with E-state index < -0.39 is 5.97 Å². The molecule has 1 unspecified atom stereocenters. The van der Waals surface area contributed by atoms with Crippen molar-refractivity contribution in [2.75, 3.05) is 25.6 Å². The minimum Gasteiger partial charge on any atom is -0.328 e. The third-order valence-electron chi connectivity index (χ3n) is 2.44. The van der Waals surface area contributed by atoms with Crippen LogP contribution in [0.2, 0.25) is 0 Å². The van der Waals surface area contributed by atoms with E-state index in [1.165, 1.54) is 0 Å². The van der Waals surface area contributed by atoms with Crippen LogP contribution < -0.4 is 0 Å². The predicted molar refractivity (Wildman–Crippen MR) is 69.9 cm³/mol. The highest BCUT2D eigenvalue weighted by Crippen LogP contribution is 2.29. The Morgan fingerprint density at radius 3 is 1.75 bits per heavy atom. The van der Waals surface area contributed by atoms with Gasteiger partial charge < -0.3 is 14.2 Å². The van der Waals surface area contributed by atoms with E-state index in [-0.39, 0.29) is 5.92 Å². The molecule has 0 amide bonds. The molecule has 0 rings (SSSR count).